The number of halogens is 1. The van der Waals surface area contributed by atoms with Crippen molar-refractivity contribution < 1.29 is 29.0 Å². The number of piperidine rings is 2. The number of rotatable bonds is 9. The lowest BCUT2D eigenvalue weighted by Crippen LogP contribution is -2.70. The summed E-state index contributed by atoms with van der Waals surface area (Å²) in [5, 5.41) is 39.3. The number of amides is 4. The van der Waals surface area contributed by atoms with E-state index in [1.165, 1.54) is 22.6 Å². The van der Waals surface area contributed by atoms with Gasteiger partial charge >= 0.3 is 6.03 Å². The van der Waals surface area contributed by atoms with Gasteiger partial charge in [0, 0.05) is 103 Å². The van der Waals surface area contributed by atoms with Crippen LogP contribution < -0.4 is 20.9 Å². The molecule has 362 valence electrons. The van der Waals surface area contributed by atoms with E-state index in [1.54, 1.807) is 23.1 Å². The Labute approximate surface area is 402 Å². The van der Waals surface area contributed by atoms with Gasteiger partial charge in [-0.3, -0.25) is 9.59 Å². The molecular formula is C52H62FN11O5. The maximum absolute atomic E-state index is 14.6. The molecule has 4 saturated heterocycles. The Kier molecular flexibility index (Phi) is 12.2. The number of carbonyl (C=O) groups excluding carboxylic acids is 3. The number of phenols is 1. The van der Waals surface area contributed by atoms with E-state index in [-0.39, 0.29) is 60.3 Å². The number of aliphatic hydroxyl groups is 1. The lowest BCUT2D eigenvalue weighted by atomic mass is 9.60. The summed E-state index contributed by atoms with van der Waals surface area (Å²) in [5.74, 6) is 3.17. The monoisotopic (exact) mass is 939 g/mol. The Bertz CT molecular complexity index is 2650. The molecule has 2 aromatic carbocycles. The first-order valence-corrected chi connectivity index (χ1v) is 24.4. The summed E-state index contributed by atoms with van der Waals surface area (Å²) >= 11 is 0. The number of para-hydroxylation sites is 1. The van der Waals surface area contributed by atoms with Gasteiger partial charge in [0.1, 0.15) is 23.7 Å². The van der Waals surface area contributed by atoms with Crippen LogP contribution in [-0.4, -0.2) is 139 Å². The number of nitrogens with one attached hydrogen (secondary N) is 3. The van der Waals surface area contributed by atoms with Crippen molar-refractivity contribution in [1.29, 1.82) is 0 Å². The molecule has 2 unspecified atom stereocenters. The number of fused-ring (bicyclic) bond motifs is 3. The van der Waals surface area contributed by atoms with Crippen LogP contribution in [-0.2, 0) is 16.1 Å². The van der Waals surface area contributed by atoms with Crippen molar-refractivity contribution in [3.05, 3.63) is 89.0 Å². The highest BCUT2D eigenvalue weighted by atomic mass is 19.1. The minimum absolute atomic E-state index is 0.0347. The van der Waals surface area contributed by atoms with Gasteiger partial charge in [0.25, 0.3) is 0 Å². The number of anilines is 2. The molecule has 1 spiro atoms. The Balaban J connectivity index is 0.687. The predicted octanol–water partition coefficient (Wildman–Crippen LogP) is 4.98. The predicted molar refractivity (Wildman–Crippen MR) is 257 cm³/mol. The molecule has 5 aliphatic heterocycles. The highest BCUT2D eigenvalue weighted by molar-refractivity contribution is 5.93. The normalized spacial score (nSPS) is 24.9. The first-order valence-electron chi connectivity index (χ1n) is 24.4. The van der Waals surface area contributed by atoms with Gasteiger partial charge in [-0.25, -0.2) is 19.2 Å². The van der Waals surface area contributed by atoms with E-state index in [9.17, 15) is 29.0 Å². The molecule has 6 aliphatic rings. The second-order valence-electron chi connectivity index (χ2n) is 21.4. The standard InChI is InChI=1S/C52H62FN11O5/c1-6-31-11-12-33(39(53)19-31)24-54-47(67)42-20-36(65)27-64(42)48(68)45(51(3,4)5)58-50(69)62-28-52(29-62)22-35(23-52)61-16-13-32(14-17-61)34-25-55-49(56-26-34)63-18-15-40-44(30(63)2)38-21-41(59-60-46(38)57-40)37-9-7-8-10-43(37)66/h1,7-12,19,21,25-26,30,32,35-36,40,42,44-45,65-66H,13-18,20,22-24,27-29H2,2-5H3,(H,54,67)(H,57,60)(H,58,69)/t30-,36-,40?,42+,44?,45-/m1/s1. The number of nitrogens with zero attached hydrogens (tertiary/aromatic N) is 8. The van der Waals surface area contributed by atoms with E-state index in [4.69, 9.17) is 16.4 Å². The number of carbonyl (C=O) groups is 3. The largest absolute Gasteiger partial charge is 0.507 e. The number of hydrogen-bond donors (Lipinski definition) is 5. The number of terminal acetylenes is 1. The molecule has 16 nitrogen and oxygen atoms in total. The van der Waals surface area contributed by atoms with Crippen molar-refractivity contribution in [2.75, 3.05) is 49.5 Å². The van der Waals surface area contributed by atoms with Crippen LogP contribution >= 0.6 is 0 Å². The van der Waals surface area contributed by atoms with Gasteiger partial charge in [0.05, 0.1) is 11.8 Å². The van der Waals surface area contributed by atoms with Gasteiger partial charge in [-0.05, 0) is 99.3 Å². The van der Waals surface area contributed by atoms with E-state index in [0.717, 1.165) is 69.1 Å². The van der Waals surface area contributed by atoms with Gasteiger partial charge < -0.3 is 45.8 Å². The second kappa shape index (κ2) is 18.2. The highest BCUT2D eigenvalue weighted by Gasteiger charge is 2.56. The molecule has 7 heterocycles. The minimum atomic E-state index is -0.975. The van der Waals surface area contributed by atoms with E-state index in [2.05, 4.69) is 54.9 Å². The van der Waals surface area contributed by atoms with Crippen molar-refractivity contribution in [2.24, 2.45) is 10.8 Å². The average Bonchev–Trinajstić information content (AvgIpc) is 3.90. The number of benzene rings is 2. The fraction of sp³-hybridized carbons (Fsp3) is 0.519. The number of aliphatic hydroxyl groups excluding tert-OH is 1. The molecule has 5 fully saturated rings. The quantitative estimate of drug-likeness (QED) is 0.142. The Morgan fingerprint density at radius 2 is 1.75 bits per heavy atom. The van der Waals surface area contributed by atoms with Crippen molar-refractivity contribution in [3.63, 3.8) is 0 Å². The van der Waals surface area contributed by atoms with Crippen LogP contribution in [0, 0.1) is 29.0 Å². The first-order chi connectivity index (χ1) is 33.1. The number of phenolic OH excluding ortho intramolecular Hbond substituents is 1. The van der Waals surface area contributed by atoms with Crippen molar-refractivity contribution in [1.82, 2.24) is 45.5 Å². The lowest BCUT2D eigenvalue weighted by molar-refractivity contribution is -0.142. The SMILES string of the molecule is C#Cc1ccc(CNC(=O)[C@@H]2C[C@@H](O)CN2C(=O)[C@@H](NC(=O)N2CC3(CC(N4CCC(c5cnc(N6CCC7Nc8nnc(-c9ccccc9O)cc8C7[C@H]6C)nc5)CC4)C3)C2)C(C)(C)C)c(F)c1. The summed E-state index contributed by atoms with van der Waals surface area (Å²) in [6, 6.07) is 12.2. The number of aromatic nitrogens is 4. The van der Waals surface area contributed by atoms with Crippen LogP contribution in [0.5, 0.6) is 5.75 Å². The minimum Gasteiger partial charge on any atom is -0.507 e. The van der Waals surface area contributed by atoms with Crippen LogP contribution in [0.2, 0.25) is 0 Å². The van der Waals surface area contributed by atoms with Crippen LogP contribution in [0.1, 0.15) is 100 Å². The van der Waals surface area contributed by atoms with E-state index in [1.807, 2.05) is 45.3 Å². The maximum atomic E-state index is 14.6. The first kappa shape index (κ1) is 46.4. The zero-order chi connectivity index (χ0) is 48.4. The van der Waals surface area contributed by atoms with Crippen molar-refractivity contribution in [2.45, 2.75) is 121 Å². The second-order valence-corrected chi connectivity index (χ2v) is 21.4. The molecule has 10 rings (SSSR count). The molecule has 4 amide bonds. The smallest absolute Gasteiger partial charge is 0.318 e. The van der Waals surface area contributed by atoms with Crippen LogP contribution in [0.4, 0.5) is 21.0 Å². The molecule has 0 radical (unpaired) electrons. The van der Waals surface area contributed by atoms with Gasteiger partial charge in [0.15, 0.2) is 5.82 Å². The molecular weight excluding hydrogens is 878 g/mol. The number of urea groups is 1. The number of likely N-dealkylation sites (tertiary alicyclic amines) is 3. The van der Waals surface area contributed by atoms with E-state index < -0.39 is 41.2 Å². The van der Waals surface area contributed by atoms with Crippen molar-refractivity contribution in [3.8, 4) is 29.4 Å². The van der Waals surface area contributed by atoms with Gasteiger partial charge in [-0.15, -0.1) is 16.6 Å². The van der Waals surface area contributed by atoms with E-state index >= 15 is 0 Å². The zero-order valence-corrected chi connectivity index (χ0v) is 39.7. The zero-order valence-electron chi connectivity index (χ0n) is 39.7. The number of hydrogen-bond acceptors (Lipinski definition) is 12. The summed E-state index contributed by atoms with van der Waals surface area (Å²) in [6.07, 6.45) is 13.6. The van der Waals surface area contributed by atoms with Crippen LogP contribution in [0.3, 0.4) is 0 Å². The van der Waals surface area contributed by atoms with Crippen molar-refractivity contribution >= 4 is 29.6 Å². The third-order valence-corrected chi connectivity index (χ3v) is 15.8. The molecule has 5 N–H and O–H groups in total. The highest BCUT2D eigenvalue weighted by Crippen LogP contribution is 2.51. The number of β-amino-alcohol motifs (C(OH)–C–C–N with tert-alkyl or cyclic N) is 1. The average molecular weight is 940 g/mol. The lowest BCUT2D eigenvalue weighted by Gasteiger charge is -2.61. The molecule has 6 atom stereocenters. The topological polar surface area (TPSA) is 192 Å². The van der Waals surface area contributed by atoms with Gasteiger partial charge in [-0.2, -0.15) is 0 Å². The molecule has 4 aromatic rings. The molecule has 1 saturated carbocycles. The Morgan fingerprint density at radius 3 is 2.45 bits per heavy atom. The summed E-state index contributed by atoms with van der Waals surface area (Å²) < 4.78 is 14.6. The number of aromatic hydroxyl groups is 1. The maximum Gasteiger partial charge on any atom is 0.318 e. The molecule has 17 heteroatoms. The van der Waals surface area contributed by atoms with Crippen LogP contribution in [0.25, 0.3) is 11.3 Å². The molecule has 0 bridgehead atoms. The molecule has 69 heavy (non-hydrogen) atoms. The molecule has 2 aromatic heterocycles. The Morgan fingerprint density at radius 1 is 1.01 bits per heavy atom. The molecule has 1 aliphatic carbocycles. The third kappa shape index (κ3) is 8.93. The third-order valence-electron chi connectivity index (χ3n) is 15.8. The van der Waals surface area contributed by atoms with Gasteiger partial charge in [-0.1, -0.05) is 44.9 Å². The van der Waals surface area contributed by atoms with Crippen LogP contribution in [0.15, 0.2) is 60.9 Å². The van der Waals surface area contributed by atoms with E-state index in [0.29, 0.717) is 41.9 Å². The summed E-state index contributed by atoms with van der Waals surface area (Å²) in [4.78, 5) is 59.1. The summed E-state index contributed by atoms with van der Waals surface area (Å²) in [7, 11) is 0. The summed E-state index contributed by atoms with van der Waals surface area (Å²) in [6.45, 7) is 11.7. The fourth-order valence-electron chi connectivity index (χ4n) is 11.9. The fourth-order valence-corrected chi connectivity index (χ4v) is 11.9. The summed E-state index contributed by atoms with van der Waals surface area (Å²) in [5.41, 5.74) is 3.62. The van der Waals surface area contributed by atoms with Gasteiger partial charge in [0.2, 0.25) is 17.8 Å². The Hall–Kier alpha value is -6.38.